The predicted octanol–water partition coefficient (Wildman–Crippen LogP) is 5.05. The van der Waals surface area contributed by atoms with Crippen molar-refractivity contribution in [3.63, 3.8) is 0 Å². The Hall–Kier alpha value is -0.770. The Balaban J connectivity index is 4.38. The molecule has 0 aliphatic heterocycles. The van der Waals surface area contributed by atoms with Crippen molar-refractivity contribution < 1.29 is 0 Å². The van der Waals surface area contributed by atoms with Crippen LogP contribution in [0.5, 0.6) is 0 Å². The normalized spacial score (nSPS) is 18.2. The minimum atomic E-state index is 0.187. The van der Waals surface area contributed by atoms with Gasteiger partial charge in [0.1, 0.15) is 0 Å². The van der Waals surface area contributed by atoms with Gasteiger partial charge in [-0.15, -0.1) is 6.58 Å². The molecule has 0 radical (unpaired) electrons. The van der Waals surface area contributed by atoms with Crippen LogP contribution in [0.4, 0.5) is 0 Å². The van der Waals surface area contributed by atoms with Crippen LogP contribution in [0.3, 0.4) is 0 Å². The zero-order valence-corrected chi connectivity index (χ0v) is 12.2. The lowest BCUT2D eigenvalue weighted by molar-refractivity contribution is 0.250. The molecule has 1 nitrogen and oxygen atoms in total. The molecule has 0 aromatic rings. The maximum absolute atomic E-state index is 9.00. The molecule has 0 spiro atoms. The Labute approximate surface area is 108 Å². The molecule has 0 aromatic carbocycles. The molecular weight excluding hydrogens is 206 g/mol. The Morgan fingerprint density at radius 2 is 1.76 bits per heavy atom. The van der Waals surface area contributed by atoms with Gasteiger partial charge in [0.2, 0.25) is 0 Å². The van der Waals surface area contributed by atoms with Crippen LogP contribution >= 0.6 is 0 Å². The summed E-state index contributed by atoms with van der Waals surface area (Å²) in [5, 5.41) is 9.00. The Morgan fingerprint density at radius 1 is 1.18 bits per heavy atom. The van der Waals surface area contributed by atoms with Gasteiger partial charge in [-0.1, -0.05) is 40.2 Å². The highest BCUT2D eigenvalue weighted by molar-refractivity contribution is 4.87. The minimum absolute atomic E-state index is 0.187. The summed E-state index contributed by atoms with van der Waals surface area (Å²) in [6.45, 7) is 15.0. The number of nitrogens with zero attached hydrogens (tertiary/aromatic N) is 1. The summed E-state index contributed by atoms with van der Waals surface area (Å²) in [6.07, 6.45) is 5.57. The van der Waals surface area contributed by atoms with E-state index in [1.807, 2.05) is 0 Å². The van der Waals surface area contributed by atoms with Crippen LogP contribution in [0.2, 0.25) is 0 Å². The zero-order valence-electron chi connectivity index (χ0n) is 12.2. The van der Waals surface area contributed by atoms with E-state index in [1.54, 1.807) is 0 Å². The van der Waals surface area contributed by atoms with Crippen LogP contribution in [-0.2, 0) is 0 Å². The van der Waals surface area contributed by atoms with Crippen molar-refractivity contribution in [3.05, 3.63) is 12.7 Å². The smallest absolute Gasteiger partial charge is 0.0655 e. The standard InChI is InChI=1S/C16H29N/c1-7-13(5)16(12(3)4)10-9-15(8-2)14(6)11-17/h7,12-16H,1,8-10H2,2-6H3/t13-,14-,15-,16?/m0/s1. The number of rotatable bonds is 8. The Morgan fingerprint density at radius 3 is 2.12 bits per heavy atom. The Kier molecular flexibility index (Phi) is 7.96. The second kappa shape index (κ2) is 8.34. The lowest BCUT2D eigenvalue weighted by Gasteiger charge is -2.27. The van der Waals surface area contributed by atoms with E-state index in [2.05, 4.69) is 53.3 Å². The van der Waals surface area contributed by atoms with Crippen LogP contribution in [0.25, 0.3) is 0 Å². The molecule has 0 aromatic heterocycles. The van der Waals surface area contributed by atoms with E-state index in [-0.39, 0.29) is 5.92 Å². The van der Waals surface area contributed by atoms with Gasteiger partial charge < -0.3 is 0 Å². The molecule has 4 atom stereocenters. The van der Waals surface area contributed by atoms with Gasteiger partial charge in [0.15, 0.2) is 0 Å². The molecule has 0 bridgehead atoms. The van der Waals surface area contributed by atoms with Gasteiger partial charge in [0, 0.05) is 5.92 Å². The maximum atomic E-state index is 9.00. The first kappa shape index (κ1) is 16.2. The van der Waals surface area contributed by atoms with Gasteiger partial charge in [-0.25, -0.2) is 0 Å². The second-order valence-electron chi connectivity index (χ2n) is 5.67. The molecule has 0 saturated heterocycles. The quantitative estimate of drug-likeness (QED) is 0.540. The third-order valence-electron chi connectivity index (χ3n) is 4.21. The fourth-order valence-corrected chi connectivity index (χ4v) is 2.70. The molecule has 17 heavy (non-hydrogen) atoms. The number of allylic oxidation sites excluding steroid dienone is 1. The molecule has 0 aliphatic carbocycles. The van der Waals surface area contributed by atoms with Crippen LogP contribution in [0, 0.1) is 40.9 Å². The lowest BCUT2D eigenvalue weighted by Crippen LogP contribution is -2.19. The summed E-state index contributed by atoms with van der Waals surface area (Å²) in [5.41, 5.74) is 0. The van der Waals surface area contributed by atoms with Crippen LogP contribution in [0.1, 0.15) is 53.9 Å². The van der Waals surface area contributed by atoms with E-state index in [1.165, 1.54) is 12.8 Å². The maximum Gasteiger partial charge on any atom is 0.0655 e. The van der Waals surface area contributed by atoms with Crippen molar-refractivity contribution >= 4 is 0 Å². The Bertz CT molecular complexity index is 249. The molecular formula is C16H29N. The summed E-state index contributed by atoms with van der Waals surface area (Å²) >= 11 is 0. The van der Waals surface area contributed by atoms with Crippen molar-refractivity contribution in [2.45, 2.75) is 53.9 Å². The van der Waals surface area contributed by atoms with E-state index in [4.69, 9.17) is 5.26 Å². The van der Waals surface area contributed by atoms with E-state index in [0.29, 0.717) is 23.7 Å². The van der Waals surface area contributed by atoms with Gasteiger partial charge in [0.05, 0.1) is 6.07 Å². The molecule has 0 saturated carbocycles. The first-order valence-corrected chi connectivity index (χ1v) is 7.00. The molecule has 1 unspecified atom stereocenters. The summed E-state index contributed by atoms with van der Waals surface area (Å²) in [4.78, 5) is 0. The highest BCUT2D eigenvalue weighted by atomic mass is 14.3. The average Bonchev–Trinajstić information content (AvgIpc) is 2.32. The third-order valence-corrected chi connectivity index (χ3v) is 4.21. The first-order valence-electron chi connectivity index (χ1n) is 7.00. The molecule has 0 amide bonds. The van der Waals surface area contributed by atoms with Gasteiger partial charge in [-0.05, 0) is 43.4 Å². The largest absolute Gasteiger partial charge is 0.198 e. The van der Waals surface area contributed by atoms with E-state index in [0.717, 1.165) is 6.42 Å². The fraction of sp³-hybridized carbons (Fsp3) is 0.812. The highest BCUT2D eigenvalue weighted by Gasteiger charge is 2.22. The third kappa shape index (κ3) is 5.39. The molecule has 0 rings (SSSR count). The van der Waals surface area contributed by atoms with Crippen molar-refractivity contribution in [1.82, 2.24) is 0 Å². The molecule has 0 fully saturated rings. The van der Waals surface area contributed by atoms with Crippen LogP contribution in [-0.4, -0.2) is 0 Å². The monoisotopic (exact) mass is 235 g/mol. The molecule has 98 valence electrons. The fourth-order valence-electron chi connectivity index (χ4n) is 2.70. The topological polar surface area (TPSA) is 23.8 Å². The molecule has 0 N–H and O–H groups in total. The molecule has 0 heterocycles. The van der Waals surface area contributed by atoms with E-state index < -0.39 is 0 Å². The number of hydrogen-bond acceptors (Lipinski definition) is 1. The van der Waals surface area contributed by atoms with Gasteiger partial charge in [0.25, 0.3) is 0 Å². The zero-order chi connectivity index (χ0) is 13.4. The predicted molar refractivity (Wildman–Crippen MR) is 75.5 cm³/mol. The number of hydrogen-bond donors (Lipinski definition) is 0. The summed E-state index contributed by atoms with van der Waals surface area (Å²) in [5.74, 6) is 2.71. The highest BCUT2D eigenvalue weighted by Crippen LogP contribution is 2.30. The van der Waals surface area contributed by atoms with Crippen LogP contribution in [0.15, 0.2) is 12.7 Å². The van der Waals surface area contributed by atoms with Crippen molar-refractivity contribution in [2.75, 3.05) is 0 Å². The van der Waals surface area contributed by atoms with Gasteiger partial charge in [-0.2, -0.15) is 5.26 Å². The van der Waals surface area contributed by atoms with Gasteiger partial charge in [-0.3, -0.25) is 0 Å². The molecule has 0 aliphatic rings. The summed E-state index contributed by atoms with van der Waals surface area (Å²) in [6, 6.07) is 2.39. The average molecular weight is 235 g/mol. The summed E-state index contributed by atoms with van der Waals surface area (Å²) < 4.78 is 0. The second-order valence-corrected chi connectivity index (χ2v) is 5.67. The van der Waals surface area contributed by atoms with Crippen molar-refractivity contribution in [1.29, 1.82) is 5.26 Å². The van der Waals surface area contributed by atoms with Gasteiger partial charge >= 0.3 is 0 Å². The van der Waals surface area contributed by atoms with E-state index in [9.17, 15) is 0 Å². The van der Waals surface area contributed by atoms with Crippen molar-refractivity contribution in [2.24, 2.45) is 29.6 Å². The first-order chi connectivity index (χ1) is 7.97. The molecule has 1 heteroatoms. The number of nitriles is 1. The minimum Gasteiger partial charge on any atom is -0.198 e. The van der Waals surface area contributed by atoms with E-state index >= 15 is 0 Å². The lowest BCUT2D eigenvalue weighted by atomic mass is 9.77. The summed E-state index contributed by atoms with van der Waals surface area (Å²) in [7, 11) is 0. The van der Waals surface area contributed by atoms with Crippen LogP contribution < -0.4 is 0 Å². The van der Waals surface area contributed by atoms with Crippen molar-refractivity contribution in [3.8, 4) is 6.07 Å². The SMILES string of the molecule is C=C[C@H](C)C(CC[C@H](CC)[C@@H](C)C#N)C(C)C.